The second kappa shape index (κ2) is 7.75. The largest absolute Gasteiger partial charge is 0.395 e. The van der Waals surface area contributed by atoms with Crippen LogP contribution in [-0.2, 0) is 6.54 Å². The molecular weight excluding hydrogens is 248 g/mol. The Labute approximate surface area is 111 Å². The van der Waals surface area contributed by atoms with Gasteiger partial charge in [0, 0.05) is 28.3 Å². The number of urea groups is 1. The van der Waals surface area contributed by atoms with Gasteiger partial charge in [-0.3, -0.25) is 0 Å². The van der Waals surface area contributed by atoms with Gasteiger partial charge in [0.25, 0.3) is 0 Å². The Morgan fingerprint density at radius 3 is 3.00 bits per heavy atom. The highest BCUT2D eigenvalue weighted by atomic mass is 32.1. The lowest BCUT2D eigenvalue weighted by molar-refractivity contribution is 0.238. The van der Waals surface area contributed by atoms with Crippen LogP contribution in [0.1, 0.15) is 30.7 Å². The molecule has 0 bridgehead atoms. The molecule has 4 nitrogen and oxygen atoms in total. The van der Waals surface area contributed by atoms with Gasteiger partial charge in [-0.25, -0.2) is 4.79 Å². The lowest BCUT2D eigenvalue weighted by Crippen LogP contribution is -2.38. The number of nitrogens with one attached hydrogen (secondary N) is 2. The first-order valence-electron chi connectivity index (χ1n) is 5.83. The Morgan fingerprint density at radius 2 is 2.33 bits per heavy atom. The van der Waals surface area contributed by atoms with E-state index in [2.05, 4.69) is 22.5 Å². The number of aliphatic hydroxyl groups excluding tert-OH is 1. The monoisotopic (exact) mass is 266 g/mol. The van der Waals surface area contributed by atoms with Crippen molar-refractivity contribution >= 4 is 17.4 Å². The third-order valence-electron chi connectivity index (χ3n) is 1.97. The molecule has 0 saturated carbocycles. The van der Waals surface area contributed by atoms with Crippen molar-refractivity contribution in [3.05, 3.63) is 21.9 Å². The standard InChI is InChI=1S/C13H18N2O2S/c1-10(2)15-13(17)14-8-12-7-11(9-18-12)5-3-4-6-16/h7,9-10,16H,4,6,8H2,1-2H3,(H2,14,15,17). The summed E-state index contributed by atoms with van der Waals surface area (Å²) >= 11 is 1.56. The highest BCUT2D eigenvalue weighted by Gasteiger charge is 2.03. The van der Waals surface area contributed by atoms with Crippen LogP contribution in [0.5, 0.6) is 0 Å². The molecule has 0 saturated heterocycles. The van der Waals surface area contributed by atoms with Gasteiger partial charge in [0.05, 0.1) is 13.2 Å². The second-order valence-corrected chi connectivity index (χ2v) is 5.05. The minimum Gasteiger partial charge on any atom is -0.395 e. The molecule has 1 aromatic rings. The minimum absolute atomic E-state index is 0.0842. The first-order chi connectivity index (χ1) is 8.61. The molecule has 2 amide bonds. The zero-order chi connectivity index (χ0) is 13.4. The fourth-order valence-electron chi connectivity index (χ4n) is 1.24. The fraction of sp³-hybridized carbons (Fsp3) is 0.462. The van der Waals surface area contributed by atoms with Crippen molar-refractivity contribution in [1.82, 2.24) is 10.6 Å². The normalized spacial score (nSPS) is 9.78. The van der Waals surface area contributed by atoms with Gasteiger partial charge in [0.2, 0.25) is 0 Å². The molecule has 1 heterocycles. The number of aliphatic hydroxyl groups is 1. The third-order valence-corrected chi connectivity index (χ3v) is 2.90. The maximum atomic E-state index is 11.4. The lowest BCUT2D eigenvalue weighted by Gasteiger charge is -2.08. The number of thiophene rings is 1. The summed E-state index contributed by atoms with van der Waals surface area (Å²) in [6, 6.07) is 1.92. The van der Waals surface area contributed by atoms with Gasteiger partial charge in [-0.1, -0.05) is 11.8 Å². The van der Waals surface area contributed by atoms with Crippen molar-refractivity contribution in [2.75, 3.05) is 6.61 Å². The summed E-state index contributed by atoms with van der Waals surface area (Å²) in [5.41, 5.74) is 0.925. The predicted octanol–water partition coefficient (Wildman–Crippen LogP) is 1.69. The maximum Gasteiger partial charge on any atom is 0.315 e. The molecule has 0 aliphatic heterocycles. The Balaban J connectivity index is 2.40. The summed E-state index contributed by atoms with van der Waals surface area (Å²) in [5, 5.41) is 16.1. The quantitative estimate of drug-likeness (QED) is 0.726. The van der Waals surface area contributed by atoms with Crippen LogP contribution in [-0.4, -0.2) is 23.8 Å². The highest BCUT2D eigenvalue weighted by molar-refractivity contribution is 7.10. The van der Waals surface area contributed by atoms with Gasteiger partial charge < -0.3 is 15.7 Å². The Hall–Kier alpha value is -1.51. The molecule has 1 aromatic heterocycles. The Bertz CT molecular complexity index is 443. The van der Waals surface area contributed by atoms with E-state index in [0.717, 1.165) is 10.4 Å². The SMILES string of the molecule is CC(C)NC(=O)NCc1cc(C#CCCO)cs1. The average Bonchev–Trinajstić information content (AvgIpc) is 2.74. The first-order valence-corrected chi connectivity index (χ1v) is 6.71. The van der Waals surface area contributed by atoms with Crippen LogP contribution >= 0.6 is 11.3 Å². The number of rotatable bonds is 4. The van der Waals surface area contributed by atoms with Crippen molar-refractivity contribution in [2.45, 2.75) is 32.9 Å². The van der Waals surface area contributed by atoms with E-state index in [4.69, 9.17) is 5.11 Å². The molecule has 0 aliphatic rings. The average molecular weight is 266 g/mol. The zero-order valence-corrected chi connectivity index (χ0v) is 11.4. The predicted molar refractivity (Wildman–Crippen MR) is 73.4 cm³/mol. The molecule has 0 atom stereocenters. The Kier molecular flexibility index (Phi) is 6.26. The molecule has 0 unspecified atom stereocenters. The molecule has 0 fully saturated rings. The zero-order valence-electron chi connectivity index (χ0n) is 10.6. The summed E-state index contributed by atoms with van der Waals surface area (Å²) in [5.74, 6) is 5.82. The van der Waals surface area contributed by atoms with Crippen molar-refractivity contribution in [1.29, 1.82) is 0 Å². The Morgan fingerprint density at radius 1 is 1.56 bits per heavy atom. The van der Waals surface area contributed by atoms with Crippen LogP contribution in [0.3, 0.4) is 0 Å². The number of hydrogen-bond donors (Lipinski definition) is 3. The van der Waals surface area contributed by atoms with Crippen molar-refractivity contribution < 1.29 is 9.90 Å². The second-order valence-electron chi connectivity index (χ2n) is 4.06. The van der Waals surface area contributed by atoms with Gasteiger partial charge in [0.15, 0.2) is 0 Å². The number of carbonyl (C=O) groups excluding carboxylic acids is 1. The van der Waals surface area contributed by atoms with E-state index < -0.39 is 0 Å². The van der Waals surface area contributed by atoms with Gasteiger partial charge in [0.1, 0.15) is 0 Å². The van der Waals surface area contributed by atoms with E-state index in [0.29, 0.717) is 13.0 Å². The molecular formula is C13H18N2O2S. The van der Waals surface area contributed by atoms with Gasteiger partial charge >= 0.3 is 6.03 Å². The molecule has 1 rings (SSSR count). The fourth-order valence-corrected chi connectivity index (χ4v) is 2.00. The van der Waals surface area contributed by atoms with E-state index in [1.54, 1.807) is 11.3 Å². The summed E-state index contributed by atoms with van der Waals surface area (Å²) in [6.45, 7) is 4.42. The summed E-state index contributed by atoms with van der Waals surface area (Å²) in [4.78, 5) is 12.4. The van der Waals surface area contributed by atoms with Crippen molar-refractivity contribution in [3.63, 3.8) is 0 Å². The first kappa shape index (κ1) is 14.6. The molecule has 0 spiro atoms. The van der Waals surface area contributed by atoms with E-state index in [-0.39, 0.29) is 18.7 Å². The summed E-state index contributed by atoms with van der Waals surface area (Å²) in [6.07, 6.45) is 0.486. The molecule has 5 heteroatoms. The van der Waals surface area contributed by atoms with E-state index in [1.165, 1.54) is 0 Å². The number of amides is 2. The minimum atomic E-state index is -0.161. The molecule has 0 aliphatic carbocycles. The highest BCUT2D eigenvalue weighted by Crippen LogP contribution is 2.13. The summed E-state index contributed by atoms with van der Waals surface area (Å²) < 4.78 is 0. The topological polar surface area (TPSA) is 61.4 Å². The smallest absolute Gasteiger partial charge is 0.315 e. The van der Waals surface area contributed by atoms with Crippen LogP contribution in [0.4, 0.5) is 4.79 Å². The van der Waals surface area contributed by atoms with E-state index in [9.17, 15) is 4.79 Å². The van der Waals surface area contributed by atoms with Gasteiger partial charge in [-0.2, -0.15) is 0 Å². The number of carbonyl (C=O) groups is 1. The molecule has 0 aromatic carbocycles. The molecule has 0 radical (unpaired) electrons. The number of hydrogen-bond acceptors (Lipinski definition) is 3. The lowest BCUT2D eigenvalue weighted by atomic mass is 10.3. The summed E-state index contributed by atoms with van der Waals surface area (Å²) in [7, 11) is 0. The van der Waals surface area contributed by atoms with Crippen LogP contribution < -0.4 is 10.6 Å². The molecule has 98 valence electrons. The molecule has 3 N–H and O–H groups in total. The van der Waals surface area contributed by atoms with Crippen molar-refractivity contribution in [2.24, 2.45) is 0 Å². The van der Waals surface area contributed by atoms with Crippen LogP contribution in [0.15, 0.2) is 11.4 Å². The van der Waals surface area contributed by atoms with Gasteiger partial charge in [-0.15, -0.1) is 11.3 Å². The van der Waals surface area contributed by atoms with E-state index >= 15 is 0 Å². The van der Waals surface area contributed by atoms with Crippen molar-refractivity contribution in [3.8, 4) is 11.8 Å². The molecule has 18 heavy (non-hydrogen) atoms. The third kappa shape index (κ3) is 5.71. The van der Waals surface area contributed by atoms with E-state index in [1.807, 2.05) is 25.3 Å². The van der Waals surface area contributed by atoms with Crippen LogP contribution in [0, 0.1) is 11.8 Å². The van der Waals surface area contributed by atoms with Crippen LogP contribution in [0.2, 0.25) is 0 Å². The van der Waals surface area contributed by atoms with Crippen LogP contribution in [0.25, 0.3) is 0 Å². The van der Waals surface area contributed by atoms with Gasteiger partial charge in [-0.05, 0) is 19.9 Å². The maximum absolute atomic E-state index is 11.4.